The van der Waals surface area contributed by atoms with Crippen molar-refractivity contribution in [1.29, 1.82) is 0 Å². The van der Waals surface area contributed by atoms with Crippen LogP contribution in [0, 0.1) is 12.7 Å². The van der Waals surface area contributed by atoms with Crippen molar-refractivity contribution in [3.05, 3.63) is 59.6 Å². The van der Waals surface area contributed by atoms with Gasteiger partial charge in [0.2, 0.25) is 10.0 Å². The van der Waals surface area contributed by atoms with Crippen molar-refractivity contribution in [3.8, 4) is 0 Å². The molecule has 1 saturated heterocycles. The van der Waals surface area contributed by atoms with Gasteiger partial charge < -0.3 is 9.73 Å². The molecule has 6 nitrogen and oxygen atoms in total. The molecule has 2 aromatic carbocycles. The molecule has 0 radical (unpaired) electrons. The van der Waals surface area contributed by atoms with Gasteiger partial charge in [0.1, 0.15) is 11.4 Å². The van der Waals surface area contributed by atoms with Crippen molar-refractivity contribution in [2.75, 3.05) is 18.4 Å². The molecular weight excluding hydrogens is 395 g/mol. The van der Waals surface area contributed by atoms with Crippen LogP contribution >= 0.6 is 0 Å². The molecule has 3 aromatic rings. The van der Waals surface area contributed by atoms with E-state index in [0.29, 0.717) is 35.3 Å². The van der Waals surface area contributed by atoms with Gasteiger partial charge >= 0.3 is 0 Å². The molecule has 0 unspecified atom stereocenters. The van der Waals surface area contributed by atoms with Crippen LogP contribution in [-0.2, 0) is 10.0 Å². The third-order valence-corrected chi connectivity index (χ3v) is 7.08. The maximum absolute atomic E-state index is 13.4. The lowest BCUT2D eigenvalue weighted by Crippen LogP contribution is -2.35. The van der Waals surface area contributed by atoms with Crippen molar-refractivity contribution >= 4 is 32.6 Å². The number of hydrogen-bond acceptors (Lipinski definition) is 4. The number of carbonyl (C=O) groups excluding carboxylic acids is 1. The topological polar surface area (TPSA) is 79.6 Å². The van der Waals surface area contributed by atoms with E-state index in [2.05, 4.69) is 5.32 Å². The third kappa shape index (κ3) is 3.77. The predicted molar refractivity (Wildman–Crippen MR) is 108 cm³/mol. The summed E-state index contributed by atoms with van der Waals surface area (Å²) in [6.45, 7) is 2.76. The van der Waals surface area contributed by atoms with Gasteiger partial charge in [0.25, 0.3) is 5.91 Å². The van der Waals surface area contributed by atoms with Crippen molar-refractivity contribution in [3.63, 3.8) is 0 Å². The van der Waals surface area contributed by atoms with Gasteiger partial charge in [0, 0.05) is 29.7 Å². The van der Waals surface area contributed by atoms with Crippen LogP contribution in [0.1, 0.15) is 35.4 Å². The van der Waals surface area contributed by atoms with Crippen molar-refractivity contribution < 1.29 is 22.0 Å². The maximum Gasteiger partial charge on any atom is 0.291 e. The van der Waals surface area contributed by atoms with Crippen LogP contribution in [0.2, 0.25) is 0 Å². The van der Waals surface area contributed by atoms with E-state index in [1.807, 2.05) is 0 Å². The zero-order valence-electron chi connectivity index (χ0n) is 15.9. The smallest absolute Gasteiger partial charge is 0.291 e. The number of amides is 1. The van der Waals surface area contributed by atoms with Crippen LogP contribution in [0.5, 0.6) is 0 Å². The maximum atomic E-state index is 13.4. The lowest BCUT2D eigenvalue weighted by atomic mass is 10.1. The third-order valence-electron chi connectivity index (χ3n) is 5.17. The van der Waals surface area contributed by atoms with E-state index in [9.17, 15) is 17.6 Å². The van der Waals surface area contributed by atoms with Gasteiger partial charge in [-0.15, -0.1) is 0 Å². The van der Waals surface area contributed by atoms with Crippen LogP contribution in [0.4, 0.5) is 10.1 Å². The summed E-state index contributed by atoms with van der Waals surface area (Å²) in [5, 5.41) is 3.24. The van der Waals surface area contributed by atoms with Gasteiger partial charge in [-0.25, -0.2) is 12.8 Å². The number of furan rings is 1. The molecule has 152 valence electrons. The Labute approximate surface area is 168 Å². The molecule has 0 spiro atoms. The van der Waals surface area contributed by atoms with Crippen molar-refractivity contribution in [2.24, 2.45) is 0 Å². The molecule has 4 rings (SSSR count). The molecule has 8 heteroatoms. The molecule has 1 amide bonds. The molecule has 29 heavy (non-hydrogen) atoms. The number of nitrogens with one attached hydrogen (secondary N) is 1. The predicted octanol–water partition coefficient (Wildman–Crippen LogP) is 4.31. The summed E-state index contributed by atoms with van der Waals surface area (Å²) < 4.78 is 45.9. The summed E-state index contributed by atoms with van der Waals surface area (Å²) in [6.07, 6.45) is 2.78. The Hall–Kier alpha value is -2.71. The number of piperidine rings is 1. The monoisotopic (exact) mass is 416 g/mol. The van der Waals surface area contributed by atoms with Gasteiger partial charge in [-0.1, -0.05) is 6.42 Å². The summed E-state index contributed by atoms with van der Waals surface area (Å²) in [4.78, 5) is 12.8. The zero-order valence-corrected chi connectivity index (χ0v) is 16.8. The zero-order chi connectivity index (χ0) is 20.6. The van der Waals surface area contributed by atoms with E-state index in [0.717, 1.165) is 19.3 Å². The number of carbonyl (C=O) groups is 1. The number of nitrogens with zero attached hydrogens (tertiary/aromatic N) is 1. The van der Waals surface area contributed by atoms with Crippen LogP contribution in [-0.4, -0.2) is 31.7 Å². The average molecular weight is 416 g/mol. The Morgan fingerprint density at radius 1 is 1.07 bits per heavy atom. The lowest BCUT2D eigenvalue weighted by molar-refractivity contribution is 0.0998. The summed E-state index contributed by atoms with van der Waals surface area (Å²) in [5.41, 5.74) is 1.41. The lowest BCUT2D eigenvalue weighted by Gasteiger charge is -2.25. The number of rotatable bonds is 4. The fourth-order valence-corrected chi connectivity index (χ4v) is 5.08. The largest absolute Gasteiger partial charge is 0.451 e. The quantitative estimate of drug-likeness (QED) is 0.687. The first-order valence-corrected chi connectivity index (χ1v) is 10.9. The Morgan fingerprint density at radius 2 is 1.76 bits per heavy atom. The number of aryl methyl sites for hydroxylation is 1. The second-order valence-electron chi connectivity index (χ2n) is 7.14. The van der Waals surface area contributed by atoms with Crippen LogP contribution < -0.4 is 5.32 Å². The summed E-state index contributed by atoms with van der Waals surface area (Å²) in [6, 6.07) is 10.1. The van der Waals surface area contributed by atoms with E-state index < -0.39 is 21.7 Å². The number of anilines is 1. The van der Waals surface area contributed by atoms with Gasteiger partial charge in [-0.05, 0) is 62.2 Å². The van der Waals surface area contributed by atoms with E-state index in [-0.39, 0.29) is 10.7 Å². The van der Waals surface area contributed by atoms with Gasteiger partial charge in [-0.2, -0.15) is 4.31 Å². The fourth-order valence-electron chi connectivity index (χ4n) is 3.56. The van der Waals surface area contributed by atoms with Crippen LogP contribution in [0.25, 0.3) is 11.0 Å². The molecule has 0 aliphatic carbocycles. The average Bonchev–Trinajstić information content (AvgIpc) is 3.05. The standard InChI is InChI=1S/C21H21FN2O4S/c1-14-18-13-15(22)5-10-19(18)28-20(14)21(25)23-16-6-8-17(9-7-16)29(26,27)24-11-3-2-4-12-24/h5-10,13H,2-4,11-12H2,1H3,(H,23,25). The molecular formula is C21H21FN2O4S. The van der Waals surface area contributed by atoms with Gasteiger partial charge in [0.05, 0.1) is 4.90 Å². The molecule has 0 bridgehead atoms. The number of halogens is 1. The second-order valence-corrected chi connectivity index (χ2v) is 9.08. The molecule has 1 aliphatic heterocycles. The highest BCUT2D eigenvalue weighted by Gasteiger charge is 2.26. The highest BCUT2D eigenvalue weighted by atomic mass is 32.2. The SMILES string of the molecule is Cc1c(C(=O)Nc2ccc(S(=O)(=O)N3CCCCC3)cc2)oc2ccc(F)cc12. The molecule has 1 aliphatic rings. The van der Waals surface area contributed by atoms with E-state index in [4.69, 9.17) is 4.42 Å². The highest BCUT2D eigenvalue weighted by Crippen LogP contribution is 2.27. The first kappa shape index (κ1) is 19.6. The minimum atomic E-state index is -3.52. The minimum Gasteiger partial charge on any atom is -0.451 e. The highest BCUT2D eigenvalue weighted by molar-refractivity contribution is 7.89. The van der Waals surface area contributed by atoms with Crippen LogP contribution in [0.3, 0.4) is 0 Å². The first-order valence-electron chi connectivity index (χ1n) is 9.46. The summed E-state index contributed by atoms with van der Waals surface area (Å²) in [5.74, 6) is -0.791. The van der Waals surface area contributed by atoms with E-state index in [1.54, 1.807) is 19.1 Å². The Kier molecular flexibility index (Phi) is 5.14. The summed E-state index contributed by atoms with van der Waals surface area (Å²) >= 11 is 0. The minimum absolute atomic E-state index is 0.0932. The van der Waals surface area contributed by atoms with E-state index >= 15 is 0 Å². The van der Waals surface area contributed by atoms with Crippen molar-refractivity contribution in [1.82, 2.24) is 4.31 Å². The fraction of sp³-hybridized carbons (Fsp3) is 0.286. The molecule has 1 N–H and O–H groups in total. The molecule has 0 saturated carbocycles. The van der Waals surface area contributed by atoms with Gasteiger partial charge in [0.15, 0.2) is 5.76 Å². The Balaban J connectivity index is 1.53. The van der Waals surface area contributed by atoms with Crippen molar-refractivity contribution in [2.45, 2.75) is 31.1 Å². The second kappa shape index (κ2) is 7.61. The normalized spacial score (nSPS) is 15.5. The molecule has 0 atom stereocenters. The Bertz CT molecular complexity index is 1160. The first-order chi connectivity index (χ1) is 13.9. The molecule has 1 aromatic heterocycles. The molecule has 1 fully saturated rings. The number of hydrogen-bond donors (Lipinski definition) is 1. The number of sulfonamides is 1. The Morgan fingerprint density at radius 3 is 2.45 bits per heavy atom. The number of benzene rings is 2. The van der Waals surface area contributed by atoms with Crippen LogP contribution in [0.15, 0.2) is 51.8 Å². The summed E-state index contributed by atoms with van der Waals surface area (Å²) in [7, 11) is -3.52. The number of fused-ring (bicyclic) bond motifs is 1. The van der Waals surface area contributed by atoms with E-state index in [1.165, 1.54) is 34.6 Å². The molecule has 2 heterocycles. The van der Waals surface area contributed by atoms with Gasteiger partial charge in [-0.3, -0.25) is 4.79 Å².